The van der Waals surface area contributed by atoms with Crippen LogP contribution in [0.25, 0.3) is 0 Å². The molecule has 1 aromatic rings. The Hall–Kier alpha value is -0.330. The summed E-state index contributed by atoms with van der Waals surface area (Å²) in [5, 5.41) is 3.95. The van der Waals surface area contributed by atoms with E-state index in [9.17, 15) is 4.39 Å². The van der Waals surface area contributed by atoms with Crippen LogP contribution < -0.4 is 4.74 Å². The lowest BCUT2D eigenvalue weighted by Crippen LogP contribution is -2.26. The largest absolute Gasteiger partial charge is 0.474 e. The van der Waals surface area contributed by atoms with Gasteiger partial charge in [0.05, 0.1) is 16.3 Å². The summed E-state index contributed by atoms with van der Waals surface area (Å²) < 4.78 is 20.3. The van der Waals surface area contributed by atoms with E-state index in [1.165, 1.54) is 0 Å². The zero-order valence-electron chi connectivity index (χ0n) is 5.63. The average molecular weight is 268 g/mol. The number of rotatable bonds is 0. The van der Waals surface area contributed by atoms with Crippen LogP contribution in [0.15, 0.2) is 6.20 Å². The van der Waals surface area contributed by atoms with Crippen LogP contribution in [0.1, 0.15) is 0 Å². The molecular weight excluding hydrogens is 262 g/mol. The van der Waals surface area contributed by atoms with Gasteiger partial charge < -0.3 is 4.74 Å². The van der Waals surface area contributed by atoms with Crippen LogP contribution in [0.4, 0.5) is 4.39 Å². The lowest BCUT2D eigenvalue weighted by molar-refractivity contribution is 0.124. The topological polar surface area (TPSA) is 27.1 Å². The van der Waals surface area contributed by atoms with Gasteiger partial charge in [0, 0.05) is 0 Å². The molecule has 1 aromatic heterocycles. The average Bonchev–Trinajstić information content (AvgIpc) is 2.32. The minimum absolute atomic E-state index is 0.154. The highest BCUT2D eigenvalue weighted by molar-refractivity contribution is 14.1. The van der Waals surface area contributed by atoms with Gasteiger partial charge in [-0.2, -0.15) is 5.10 Å². The van der Waals surface area contributed by atoms with Crippen LogP contribution >= 0.6 is 22.6 Å². The Kier molecular flexibility index (Phi) is 1.74. The van der Waals surface area contributed by atoms with Crippen LogP contribution in [0, 0.1) is 3.57 Å². The number of ether oxygens (including phenoxy) is 1. The van der Waals surface area contributed by atoms with Crippen molar-refractivity contribution in [3.63, 3.8) is 0 Å². The molecule has 0 spiro atoms. The van der Waals surface area contributed by atoms with Crippen LogP contribution in [0.5, 0.6) is 5.88 Å². The molecule has 0 saturated carbocycles. The van der Waals surface area contributed by atoms with Crippen LogP contribution in [0.2, 0.25) is 0 Å². The molecule has 0 unspecified atom stereocenters. The van der Waals surface area contributed by atoms with E-state index in [0.29, 0.717) is 12.4 Å². The van der Waals surface area contributed by atoms with Gasteiger partial charge in [0.2, 0.25) is 5.88 Å². The molecule has 3 nitrogen and oxygen atoms in total. The minimum atomic E-state index is -0.918. The van der Waals surface area contributed by atoms with Crippen molar-refractivity contribution in [3.05, 3.63) is 9.77 Å². The molecule has 2 heterocycles. The molecule has 0 fully saturated rings. The van der Waals surface area contributed by atoms with Crippen molar-refractivity contribution in [2.24, 2.45) is 0 Å². The first-order valence-electron chi connectivity index (χ1n) is 3.25. The maximum absolute atomic E-state index is 12.7. The van der Waals surface area contributed by atoms with E-state index in [0.717, 1.165) is 3.57 Å². The molecule has 0 bridgehead atoms. The second-order valence-corrected chi connectivity index (χ2v) is 3.55. The van der Waals surface area contributed by atoms with Crippen molar-refractivity contribution in [3.8, 4) is 5.88 Å². The maximum atomic E-state index is 12.7. The summed E-state index contributed by atoms with van der Waals surface area (Å²) in [7, 11) is 0. The normalized spacial score (nSPS) is 22.5. The second-order valence-electron chi connectivity index (χ2n) is 2.39. The Balaban J connectivity index is 2.36. The number of halogens is 2. The predicted octanol–water partition coefficient (Wildman–Crippen LogP) is 1.22. The monoisotopic (exact) mass is 268 g/mol. The summed E-state index contributed by atoms with van der Waals surface area (Å²) >= 11 is 2.11. The summed E-state index contributed by atoms with van der Waals surface area (Å²) in [5.41, 5.74) is 0. The molecular formula is C6H6FIN2O. The van der Waals surface area contributed by atoms with Gasteiger partial charge in [-0.25, -0.2) is 9.07 Å². The lowest BCUT2D eigenvalue weighted by Gasteiger charge is -2.18. The molecule has 1 aliphatic rings. The first-order valence-corrected chi connectivity index (χ1v) is 4.33. The summed E-state index contributed by atoms with van der Waals surface area (Å²) in [6.45, 7) is 0.472. The van der Waals surface area contributed by atoms with E-state index in [2.05, 4.69) is 27.7 Å². The van der Waals surface area contributed by atoms with E-state index < -0.39 is 6.17 Å². The number of nitrogens with zero attached hydrogens (tertiary/aromatic N) is 2. The molecule has 2 rings (SSSR count). The molecule has 0 amide bonds. The Morgan fingerprint density at radius 1 is 1.82 bits per heavy atom. The molecule has 1 aliphatic heterocycles. The zero-order chi connectivity index (χ0) is 7.84. The van der Waals surface area contributed by atoms with Crippen molar-refractivity contribution in [2.45, 2.75) is 12.7 Å². The fourth-order valence-corrected chi connectivity index (χ4v) is 1.59. The van der Waals surface area contributed by atoms with E-state index in [4.69, 9.17) is 4.74 Å². The van der Waals surface area contributed by atoms with E-state index in [1.54, 1.807) is 10.9 Å². The van der Waals surface area contributed by atoms with E-state index in [1.807, 2.05) is 0 Å². The van der Waals surface area contributed by atoms with Gasteiger partial charge >= 0.3 is 0 Å². The molecule has 5 heteroatoms. The Bertz CT molecular complexity index is 276. The molecule has 0 N–H and O–H groups in total. The van der Waals surface area contributed by atoms with Gasteiger partial charge in [-0.05, 0) is 22.6 Å². The Morgan fingerprint density at radius 3 is 3.45 bits per heavy atom. The first-order chi connectivity index (χ1) is 5.27. The molecule has 1 atom stereocenters. The zero-order valence-corrected chi connectivity index (χ0v) is 7.79. The fourth-order valence-electron chi connectivity index (χ4n) is 1.03. The number of aromatic nitrogens is 2. The highest BCUT2D eigenvalue weighted by Crippen LogP contribution is 2.24. The summed E-state index contributed by atoms with van der Waals surface area (Å²) in [6, 6.07) is 0. The van der Waals surface area contributed by atoms with Crippen molar-refractivity contribution in [2.75, 3.05) is 6.61 Å². The third-order valence-electron chi connectivity index (χ3n) is 1.52. The van der Waals surface area contributed by atoms with Crippen molar-refractivity contribution < 1.29 is 9.13 Å². The van der Waals surface area contributed by atoms with E-state index >= 15 is 0 Å². The lowest BCUT2D eigenvalue weighted by atomic mass is 10.4. The summed E-state index contributed by atoms with van der Waals surface area (Å²) in [6.07, 6.45) is 0.756. The van der Waals surface area contributed by atoms with Crippen molar-refractivity contribution in [1.82, 2.24) is 9.78 Å². The van der Waals surface area contributed by atoms with Crippen molar-refractivity contribution >= 4 is 22.6 Å². The third kappa shape index (κ3) is 1.21. The summed E-state index contributed by atoms with van der Waals surface area (Å²) in [5.74, 6) is 0.694. The SMILES string of the molecule is F[C@@H]1COc2c(I)cnn2C1. The Morgan fingerprint density at radius 2 is 2.64 bits per heavy atom. The van der Waals surface area contributed by atoms with Gasteiger partial charge in [0.1, 0.15) is 6.61 Å². The number of hydrogen-bond donors (Lipinski definition) is 0. The van der Waals surface area contributed by atoms with Gasteiger partial charge in [-0.3, -0.25) is 0 Å². The van der Waals surface area contributed by atoms with Gasteiger partial charge in [-0.1, -0.05) is 0 Å². The van der Waals surface area contributed by atoms with Crippen LogP contribution in [-0.4, -0.2) is 22.6 Å². The molecule has 0 radical (unpaired) electrons. The maximum Gasteiger partial charge on any atom is 0.225 e. The van der Waals surface area contributed by atoms with Gasteiger partial charge in [-0.15, -0.1) is 0 Å². The van der Waals surface area contributed by atoms with Crippen LogP contribution in [0.3, 0.4) is 0 Å². The van der Waals surface area contributed by atoms with E-state index in [-0.39, 0.29) is 6.61 Å². The highest BCUT2D eigenvalue weighted by atomic mass is 127. The number of fused-ring (bicyclic) bond motifs is 1. The van der Waals surface area contributed by atoms with Crippen molar-refractivity contribution in [1.29, 1.82) is 0 Å². The third-order valence-corrected chi connectivity index (χ3v) is 2.26. The first kappa shape index (κ1) is 7.33. The molecule has 0 saturated heterocycles. The standard InChI is InChI=1S/C6H6FIN2O/c7-4-2-10-6(11-3-4)5(8)1-9-10/h1,4H,2-3H2/t4-/m0/s1. The Labute approximate surface area is 76.7 Å². The minimum Gasteiger partial charge on any atom is -0.474 e. The molecule has 0 aromatic carbocycles. The molecule has 11 heavy (non-hydrogen) atoms. The van der Waals surface area contributed by atoms with Gasteiger partial charge in [0.15, 0.2) is 6.17 Å². The predicted molar refractivity (Wildman–Crippen MR) is 45.3 cm³/mol. The number of alkyl halides is 1. The summed E-state index contributed by atoms with van der Waals surface area (Å²) in [4.78, 5) is 0. The highest BCUT2D eigenvalue weighted by Gasteiger charge is 2.21. The smallest absolute Gasteiger partial charge is 0.225 e. The van der Waals surface area contributed by atoms with Crippen LogP contribution in [-0.2, 0) is 6.54 Å². The molecule has 60 valence electrons. The fraction of sp³-hybridized carbons (Fsp3) is 0.500. The second kappa shape index (κ2) is 2.62. The van der Waals surface area contributed by atoms with Gasteiger partial charge in [0.25, 0.3) is 0 Å². The number of hydrogen-bond acceptors (Lipinski definition) is 2. The molecule has 0 aliphatic carbocycles. The quantitative estimate of drug-likeness (QED) is 0.661.